The molecule has 8 heteroatoms. The average molecular weight is 390 g/mol. The number of aromatic nitrogens is 2. The summed E-state index contributed by atoms with van der Waals surface area (Å²) in [6.07, 6.45) is -0.478. The third-order valence-electron chi connectivity index (χ3n) is 5.05. The fraction of sp³-hybridized carbons (Fsp3) is 0.600. The first-order chi connectivity index (χ1) is 13.5. The minimum absolute atomic E-state index is 0.310. The van der Waals surface area contributed by atoms with Gasteiger partial charge in [-0.25, -0.2) is 4.63 Å². The van der Waals surface area contributed by atoms with Gasteiger partial charge in [-0.05, 0) is 38.7 Å². The maximum Gasteiger partial charge on any atom is 0.122 e. The summed E-state index contributed by atoms with van der Waals surface area (Å²) in [6.45, 7) is 8.44. The maximum atomic E-state index is 10.2. The van der Waals surface area contributed by atoms with Crippen molar-refractivity contribution in [3.05, 3.63) is 41.2 Å². The minimum Gasteiger partial charge on any atom is -0.491 e. The van der Waals surface area contributed by atoms with Gasteiger partial charge < -0.3 is 14.7 Å². The minimum atomic E-state index is -0.478. The molecule has 0 spiro atoms. The quantitative estimate of drug-likeness (QED) is 0.681. The van der Waals surface area contributed by atoms with Gasteiger partial charge in [-0.2, -0.15) is 0 Å². The largest absolute Gasteiger partial charge is 0.491 e. The summed E-state index contributed by atoms with van der Waals surface area (Å²) in [5.41, 5.74) is 2.87. The van der Waals surface area contributed by atoms with Crippen LogP contribution in [-0.2, 0) is 13.1 Å². The van der Waals surface area contributed by atoms with Gasteiger partial charge >= 0.3 is 0 Å². The number of aliphatic hydroxyl groups excluding tert-OH is 1. The van der Waals surface area contributed by atoms with Gasteiger partial charge in [-0.1, -0.05) is 22.4 Å². The van der Waals surface area contributed by atoms with E-state index in [4.69, 9.17) is 9.37 Å². The number of aliphatic hydroxyl groups is 1. The molecular weight excluding hydrogens is 358 g/mol. The maximum absolute atomic E-state index is 10.2. The van der Waals surface area contributed by atoms with Crippen molar-refractivity contribution < 1.29 is 14.5 Å². The lowest BCUT2D eigenvalue weighted by Gasteiger charge is -2.33. The van der Waals surface area contributed by atoms with E-state index in [0.29, 0.717) is 19.7 Å². The molecule has 28 heavy (non-hydrogen) atoms. The number of benzene rings is 1. The molecule has 0 radical (unpaired) electrons. The molecule has 0 saturated carbocycles. The highest BCUT2D eigenvalue weighted by molar-refractivity contribution is 5.27. The van der Waals surface area contributed by atoms with E-state index in [1.165, 1.54) is 5.56 Å². The zero-order valence-corrected chi connectivity index (χ0v) is 17.0. The molecule has 1 aliphatic heterocycles. The van der Waals surface area contributed by atoms with Crippen molar-refractivity contribution in [2.75, 3.05) is 53.4 Å². The second-order valence-corrected chi connectivity index (χ2v) is 7.68. The molecule has 3 rings (SSSR count). The van der Waals surface area contributed by atoms with E-state index in [9.17, 15) is 5.11 Å². The highest BCUT2D eigenvalue weighted by Crippen LogP contribution is 2.15. The van der Waals surface area contributed by atoms with Gasteiger partial charge in [0.15, 0.2) is 0 Å². The summed E-state index contributed by atoms with van der Waals surface area (Å²) in [4.78, 5) is 6.75. The van der Waals surface area contributed by atoms with Crippen molar-refractivity contribution in [1.82, 2.24) is 25.0 Å². The molecule has 1 saturated heterocycles. The van der Waals surface area contributed by atoms with E-state index in [-0.39, 0.29) is 0 Å². The van der Waals surface area contributed by atoms with E-state index >= 15 is 0 Å². The molecular formula is C20H31N5O3. The number of aryl methyl sites for hydroxylation is 1. The second kappa shape index (κ2) is 9.97. The van der Waals surface area contributed by atoms with Crippen LogP contribution in [0.4, 0.5) is 0 Å². The van der Waals surface area contributed by atoms with Gasteiger partial charge in [-0.3, -0.25) is 9.80 Å². The Morgan fingerprint density at radius 3 is 2.50 bits per heavy atom. The summed E-state index contributed by atoms with van der Waals surface area (Å²) < 4.78 is 10.5. The standard InChI is InChI=1S/C20H31N5O3/c1-16-20(22-28-21-16)14-24(3)12-17-4-6-19(7-5-17)27-15-18(26)13-25-10-8-23(2)9-11-25/h4-7,18,26H,8-15H2,1-3H3. The number of nitrogens with zero attached hydrogens (tertiary/aromatic N) is 5. The predicted octanol–water partition coefficient (Wildman–Crippen LogP) is 0.997. The molecule has 1 aliphatic rings. The third kappa shape index (κ3) is 6.27. The van der Waals surface area contributed by atoms with Crippen LogP contribution in [0.2, 0.25) is 0 Å². The van der Waals surface area contributed by atoms with Crippen molar-refractivity contribution in [3.63, 3.8) is 0 Å². The normalized spacial score (nSPS) is 17.2. The van der Waals surface area contributed by atoms with Crippen LogP contribution in [0.1, 0.15) is 17.0 Å². The van der Waals surface area contributed by atoms with Crippen LogP contribution < -0.4 is 4.74 Å². The predicted molar refractivity (Wildman–Crippen MR) is 106 cm³/mol. The molecule has 2 heterocycles. The molecule has 2 aromatic rings. The number of β-amino-alcohol motifs (C(OH)–C–C–N with tert-alkyl or cyclic N) is 1. The van der Waals surface area contributed by atoms with Crippen molar-refractivity contribution in [2.45, 2.75) is 26.1 Å². The summed E-state index contributed by atoms with van der Waals surface area (Å²) >= 11 is 0. The van der Waals surface area contributed by atoms with Crippen LogP contribution in [-0.4, -0.2) is 89.6 Å². The van der Waals surface area contributed by atoms with E-state index < -0.39 is 6.10 Å². The van der Waals surface area contributed by atoms with Crippen molar-refractivity contribution in [2.24, 2.45) is 0 Å². The number of ether oxygens (including phenoxy) is 1. The molecule has 1 aromatic heterocycles. The second-order valence-electron chi connectivity index (χ2n) is 7.68. The lowest BCUT2D eigenvalue weighted by molar-refractivity contribution is 0.0505. The molecule has 0 amide bonds. The first kappa shape index (κ1) is 20.7. The molecule has 1 unspecified atom stereocenters. The number of rotatable bonds is 9. The van der Waals surface area contributed by atoms with Gasteiger partial charge in [0, 0.05) is 45.8 Å². The fourth-order valence-electron chi connectivity index (χ4n) is 3.28. The van der Waals surface area contributed by atoms with Gasteiger partial charge in [0.2, 0.25) is 0 Å². The molecule has 0 bridgehead atoms. The zero-order chi connectivity index (χ0) is 19.9. The highest BCUT2D eigenvalue weighted by atomic mass is 16.6. The Morgan fingerprint density at radius 2 is 1.86 bits per heavy atom. The lowest BCUT2D eigenvalue weighted by atomic mass is 10.2. The van der Waals surface area contributed by atoms with Gasteiger partial charge in [0.25, 0.3) is 0 Å². The van der Waals surface area contributed by atoms with Crippen LogP contribution in [0.3, 0.4) is 0 Å². The Hall–Kier alpha value is -2.00. The molecule has 8 nitrogen and oxygen atoms in total. The highest BCUT2D eigenvalue weighted by Gasteiger charge is 2.17. The van der Waals surface area contributed by atoms with E-state index in [1.807, 2.05) is 38.2 Å². The first-order valence-corrected chi connectivity index (χ1v) is 9.77. The number of hydrogen-bond donors (Lipinski definition) is 1. The van der Waals surface area contributed by atoms with Crippen molar-refractivity contribution >= 4 is 0 Å². The van der Waals surface area contributed by atoms with Crippen molar-refractivity contribution in [1.29, 1.82) is 0 Å². The van der Waals surface area contributed by atoms with Crippen molar-refractivity contribution in [3.8, 4) is 5.75 Å². The average Bonchev–Trinajstić information content (AvgIpc) is 3.07. The molecule has 1 aromatic carbocycles. The molecule has 1 N–H and O–H groups in total. The number of hydrogen-bond acceptors (Lipinski definition) is 8. The third-order valence-corrected chi connectivity index (χ3v) is 5.05. The Kier molecular flexibility index (Phi) is 7.38. The van der Waals surface area contributed by atoms with Crippen LogP contribution in [0.5, 0.6) is 5.75 Å². The van der Waals surface area contributed by atoms with Gasteiger partial charge in [-0.15, -0.1) is 0 Å². The van der Waals surface area contributed by atoms with E-state index in [1.54, 1.807) is 0 Å². The smallest absolute Gasteiger partial charge is 0.122 e. The van der Waals surface area contributed by atoms with E-state index in [0.717, 1.165) is 49.9 Å². The Morgan fingerprint density at radius 1 is 1.14 bits per heavy atom. The van der Waals surface area contributed by atoms with E-state index in [2.05, 4.69) is 32.1 Å². The Balaban J connectivity index is 1.39. The van der Waals surface area contributed by atoms with Gasteiger partial charge in [0.1, 0.15) is 29.8 Å². The Bertz CT molecular complexity index is 713. The SMILES string of the molecule is Cc1nonc1CN(C)Cc1ccc(OCC(O)CN2CCN(C)CC2)cc1. The summed E-state index contributed by atoms with van der Waals surface area (Å²) in [6, 6.07) is 8.00. The molecule has 1 fully saturated rings. The number of likely N-dealkylation sites (N-methyl/N-ethyl adjacent to an activating group) is 1. The molecule has 0 aliphatic carbocycles. The van der Waals surface area contributed by atoms with Gasteiger partial charge in [0.05, 0.1) is 0 Å². The molecule has 154 valence electrons. The van der Waals surface area contributed by atoms with Crippen LogP contribution in [0.25, 0.3) is 0 Å². The zero-order valence-electron chi connectivity index (χ0n) is 17.0. The summed E-state index contributed by atoms with van der Waals surface area (Å²) in [5, 5.41) is 18.0. The monoisotopic (exact) mass is 389 g/mol. The summed E-state index contributed by atoms with van der Waals surface area (Å²) in [5.74, 6) is 0.778. The first-order valence-electron chi connectivity index (χ1n) is 9.77. The Labute approximate surface area is 166 Å². The fourth-order valence-corrected chi connectivity index (χ4v) is 3.28. The summed E-state index contributed by atoms with van der Waals surface area (Å²) in [7, 11) is 4.16. The lowest BCUT2D eigenvalue weighted by Crippen LogP contribution is -2.47. The van der Waals surface area contributed by atoms with Crippen LogP contribution in [0.15, 0.2) is 28.9 Å². The topological polar surface area (TPSA) is 78.1 Å². The number of piperazine rings is 1. The van der Waals surface area contributed by atoms with Crippen LogP contribution >= 0.6 is 0 Å². The van der Waals surface area contributed by atoms with Crippen LogP contribution in [0, 0.1) is 6.92 Å². The molecule has 1 atom stereocenters.